The van der Waals surface area contributed by atoms with Crippen molar-refractivity contribution in [1.29, 1.82) is 0 Å². The second-order valence-electron chi connectivity index (χ2n) is 4.83. The third-order valence-corrected chi connectivity index (χ3v) is 3.72. The highest BCUT2D eigenvalue weighted by atomic mass is 79.9. The number of ether oxygens (including phenoxy) is 1. The molecule has 0 saturated heterocycles. The number of carbonyl (C=O) groups excluding carboxylic acids is 1. The van der Waals surface area contributed by atoms with Gasteiger partial charge < -0.3 is 4.74 Å². The predicted octanol–water partition coefficient (Wildman–Crippen LogP) is 3.60. The maximum absolute atomic E-state index is 11.7. The minimum atomic E-state index is -0.297. The molecule has 0 aliphatic rings. The Bertz CT molecular complexity index is 682. The minimum Gasteiger partial charge on any atom is -0.483 e. The fourth-order valence-corrected chi connectivity index (χ4v) is 2.05. The second-order valence-corrected chi connectivity index (χ2v) is 5.75. The van der Waals surface area contributed by atoms with Crippen LogP contribution in [0.1, 0.15) is 16.7 Å². The Hall–Kier alpha value is -2.14. The van der Waals surface area contributed by atoms with Gasteiger partial charge in [0.2, 0.25) is 0 Å². The second kappa shape index (κ2) is 7.75. The summed E-state index contributed by atoms with van der Waals surface area (Å²) in [6, 6.07) is 13.4. The van der Waals surface area contributed by atoms with Crippen molar-refractivity contribution >= 4 is 28.1 Å². The van der Waals surface area contributed by atoms with Crippen LogP contribution in [-0.2, 0) is 4.79 Å². The molecule has 0 fully saturated rings. The monoisotopic (exact) mass is 360 g/mol. The molecule has 1 amide bonds. The average Bonchev–Trinajstić information content (AvgIpc) is 2.51. The Morgan fingerprint density at radius 3 is 2.68 bits per heavy atom. The van der Waals surface area contributed by atoms with Crippen molar-refractivity contribution in [2.24, 2.45) is 5.10 Å². The van der Waals surface area contributed by atoms with Crippen molar-refractivity contribution in [3.05, 3.63) is 63.6 Å². The first-order valence-electron chi connectivity index (χ1n) is 6.83. The van der Waals surface area contributed by atoms with E-state index >= 15 is 0 Å². The maximum atomic E-state index is 11.7. The summed E-state index contributed by atoms with van der Waals surface area (Å²) in [5.74, 6) is 0.418. The molecule has 0 spiro atoms. The maximum Gasteiger partial charge on any atom is 0.277 e. The number of hydrogen-bond acceptors (Lipinski definition) is 3. The zero-order valence-electron chi connectivity index (χ0n) is 12.5. The van der Waals surface area contributed by atoms with Gasteiger partial charge in [-0.3, -0.25) is 4.79 Å². The van der Waals surface area contributed by atoms with Crippen LogP contribution < -0.4 is 10.2 Å². The lowest BCUT2D eigenvalue weighted by Crippen LogP contribution is -2.24. The number of carbonyl (C=O) groups is 1. The van der Waals surface area contributed by atoms with Gasteiger partial charge in [-0.2, -0.15) is 5.10 Å². The van der Waals surface area contributed by atoms with Crippen LogP contribution in [0.3, 0.4) is 0 Å². The van der Waals surface area contributed by atoms with Gasteiger partial charge in [-0.05, 0) is 48.7 Å². The molecule has 4 nitrogen and oxygen atoms in total. The van der Waals surface area contributed by atoms with Gasteiger partial charge in [-0.15, -0.1) is 0 Å². The molecule has 0 atom stereocenters. The summed E-state index contributed by atoms with van der Waals surface area (Å²) in [6.45, 7) is 3.90. The standard InChI is InChI=1S/C17H17BrN2O2/c1-12-4-3-5-16(13(12)2)22-11-17(21)20-19-10-14-6-8-15(18)9-7-14/h3-10H,11H2,1-2H3,(H,20,21)/b19-10+. The first-order valence-corrected chi connectivity index (χ1v) is 7.62. The molecule has 2 aromatic rings. The van der Waals surface area contributed by atoms with Crippen LogP contribution in [0.25, 0.3) is 0 Å². The lowest BCUT2D eigenvalue weighted by molar-refractivity contribution is -0.123. The quantitative estimate of drug-likeness (QED) is 0.654. The van der Waals surface area contributed by atoms with Crippen molar-refractivity contribution in [2.75, 3.05) is 6.61 Å². The number of rotatable bonds is 5. The first kappa shape index (κ1) is 16.2. The average molecular weight is 361 g/mol. The molecule has 0 bridgehead atoms. The van der Waals surface area contributed by atoms with E-state index in [4.69, 9.17) is 4.74 Å². The van der Waals surface area contributed by atoms with E-state index in [-0.39, 0.29) is 12.5 Å². The number of nitrogens with one attached hydrogen (secondary N) is 1. The number of aryl methyl sites for hydroxylation is 1. The Kier molecular flexibility index (Phi) is 5.72. The van der Waals surface area contributed by atoms with E-state index in [0.29, 0.717) is 5.75 Å². The topological polar surface area (TPSA) is 50.7 Å². The summed E-state index contributed by atoms with van der Waals surface area (Å²) in [6.07, 6.45) is 1.59. The third-order valence-electron chi connectivity index (χ3n) is 3.19. The molecule has 0 aliphatic heterocycles. The van der Waals surface area contributed by atoms with Gasteiger partial charge in [-0.25, -0.2) is 5.43 Å². The Labute approximate surface area is 138 Å². The molecular formula is C17H17BrN2O2. The fraction of sp³-hybridized carbons (Fsp3) is 0.176. The summed E-state index contributed by atoms with van der Waals surface area (Å²) in [5, 5.41) is 3.90. The SMILES string of the molecule is Cc1cccc(OCC(=O)N/N=C/c2ccc(Br)cc2)c1C. The lowest BCUT2D eigenvalue weighted by atomic mass is 10.1. The van der Waals surface area contributed by atoms with Crippen LogP contribution in [-0.4, -0.2) is 18.7 Å². The molecule has 0 aliphatic carbocycles. The van der Waals surface area contributed by atoms with Crippen LogP contribution in [0.15, 0.2) is 52.0 Å². The van der Waals surface area contributed by atoms with E-state index in [2.05, 4.69) is 26.5 Å². The third kappa shape index (κ3) is 4.70. The molecule has 114 valence electrons. The fourth-order valence-electron chi connectivity index (χ4n) is 1.78. The van der Waals surface area contributed by atoms with Crippen LogP contribution in [0.5, 0.6) is 5.75 Å². The van der Waals surface area contributed by atoms with Crippen molar-refractivity contribution in [2.45, 2.75) is 13.8 Å². The van der Waals surface area contributed by atoms with E-state index in [1.54, 1.807) is 6.21 Å². The van der Waals surface area contributed by atoms with Crippen LogP contribution in [0.2, 0.25) is 0 Å². The highest BCUT2D eigenvalue weighted by molar-refractivity contribution is 9.10. The molecular weight excluding hydrogens is 344 g/mol. The Morgan fingerprint density at radius 1 is 1.23 bits per heavy atom. The van der Waals surface area contributed by atoms with Crippen LogP contribution in [0.4, 0.5) is 0 Å². The summed E-state index contributed by atoms with van der Waals surface area (Å²) >= 11 is 3.36. The number of hydrazone groups is 1. The van der Waals surface area contributed by atoms with Gasteiger partial charge in [-0.1, -0.05) is 40.2 Å². The van der Waals surface area contributed by atoms with Gasteiger partial charge in [0.15, 0.2) is 6.61 Å². The zero-order valence-corrected chi connectivity index (χ0v) is 14.1. The summed E-state index contributed by atoms with van der Waals surface area (Å²) in [5.41, 5.74) is 5.51. The van der Waals surface area contributed by atoms with Crippen LogP contribution in [0, 0.1) is 13.8 Å². The molecule has 1 N–H and O–H groups in total. The van der Waals surface area contributed by atoms with Crippen molar-refractivity contribution < 1.29 is 9.53 Å². The number of benzene rings is 2. The molecule has 0 aromatic heterocycles. The van der Waals surface area contributed by atoms with Gasteiger partial charge in [0, 0.05) is 4.47 Å². The van der Waals surface area contributed by atoms with E-state index in [9.17, 15) is 4.79 Å². The van der Waals surface area contributed by atoms with Gasteiger partial charge in [0.05, 0.1) is 6.21 Å². The lowest BCUT2D eigenvalue weighted by Gasteiger charge is -2.09. The van der Waals surface area contributed by atoms with E-state index in [1.165, 1.54) is 0 Å². The number of nitrogens with zero attached hydrogens (tertiary/aromatic N) is 1. The highest BCUT2D eigenvalue weighted by Crippen LogP contribution is 2.20. The highest BCUT2D eigenvalue weighted by Gasteiger charge is 2.05. The van der Waals surface area contributed by atoms with Crippen LogP contribution >= 0.6 is 15.9 Å². The molecule has 5 heteroatoms. The smallest absolute Gasteiger partial charge is 0.277 e. The molecule has 2 aromatic carbocycles. The van der Waals surface area contributed by atoms with Crippen molar-refractivity contribution in [3.63, 3.8) is 0 Å². The van der Waals surface area contributed by atoms with E-state index < -0.39 is 0 Å². The summed E-state index contributed by atoms with van der Waals surface area (Å²) in [4.78, 5) is 11.7. The summed E-state index contributed by atoms with van der Waals surface area (Å²) < 4.78 is 6.50. The predicted molar refractivity (Wildman–Crippen MR) is 91.3 cm³/mol. The first-order chi connectivity index (χ1) is 10.6. The Balaban J connectivity index is 1.83. The molecule has 22 heavy (non-hydrogen) atoms. The van der Waals surface area contributed by atoms with E-state index in [1.807, 2.05) is 56.3 Å². The number of halogens is 1. The molecule has 2 rings (SSSR count). The molecule has 0 radical (unpaired) electrons. The normalized spacial score (nSPS) is 10.7. The molecule has 0 unspecified atom stereocenters. The zero-order chi connectivity index (χ0) is 15.9. The van der Waals surface area contributed by atoms with Crippen molar-refractivity contribution in [3.8, 4) is 5.75 Å². The Morgan fingerprint density at radius 2 is 1.95 bits per heavy atom. The summed E-state index contributed by atoms with van der Waals surface area (Å²) in [7, 11) is 0. The van der Waals surface area contributed by atoms with Gasteiger partial charge in [0.25, 0.3) is 5.91 Å². The van der Waals surface area contributed by atoms with Crippen molar-refractivity contribution in [1.82, 2.24) is 5.43 Å². The largest absolute Gasteiger partial charge is 0.483 e. The minimum absolute atomic E-state index is 0.0675. The van der Waals surface area contributed by atoms with E-state index in [0.717, 1.165) is 21.2 Å². The number of amides is 1. The molecule has 0 heterocycles. The molecule has 0 saturated carbocycles. The van der Waals surface area contributed by atoms with Gasteiger partial charge in [0.1, 0.15) is 5.75 Å². The van der Waals surface area contributed by atoms with Gasteiger partial charge >= 0.3 is 0 Å². The number of hydrogen-bond donors (Lipinski definition) is 1.